The van der Waals surface area contributed by atoms with Crippen molar-refractivity contribution in [3.05, 3.63) is 39.9 Å². The van der Waals surface area contributed by atoms with E-state index in [1.165, 1.54) is 0 Å². The van der Waals surface area contributed by atoms with Crippen LogP contribution in [0.15, 0.2) is 24.3 Å². The zero-order valence-corrected chi connectivity index (χ0v) is 20.1. The molecule has 0 radical (unpaired) electrons. The summed E-state index contributed by atoms with van der Waals surface area (Å²) in [5.74, 6) is 0.389. The molecule has 1 aromatic carbocycles. The van der Waals surface area contributed by atoms with Crippen LogP contribution in [-0.4, -0.2) is 89.4 Å². The van der Waals surface area contributed by atoms with Crippen molar-refractivity contribution < 1.29 is 23.8 Å². The van der Waals surface area contributed by atoms with E-state index < -0.39 is 5.60 Å². The van der Waals surface area contributed by atoms with Gasteiger partial charge in [-0.15, -0.1) is 5.10 Å². The Kier molecular flexibility index (Phi) is 7.79. The fourth-order valence-corrected chi connectivity index (χ4v) is 4.88. The number of morpholine rings is 2. The lowest BCUT2D eigenvalue weighted by Gasteiger charge is -2.43. The maximum absolute atomic E-state index is 13.3. The van der Waals surface area contributed by atoms with Crippen molar-refractivity contribution in [2.45, 2.75) is 25.4 Å². The summed E-state index contributed by atoms with van der Waals surface area (Å²) in [4.78, 5) is 30.4. The van der Waals surface area contributed by atoms with Crippen LogP contribution in [-0.2, 0) is 20.7 Å². The molecule has 3 heterocycles. The van der Waals surface area contributed by atoms with Crippen LogP contribution in [0.2, 0.25) is 5.02 Å². The Bertz CT molecular complexity index is 983. The molecule has 2 amide bonds. The van der Waals surface area contributed by atoms with E-state index in [2.05, 4.69) is 9.59 Å². The molecule has 0 aliphatic carbocycles. The predicted molar refractivity (Wildman–Crippen MR) is 123 cm³/mol. The maximum Gasteiger partial charge on any atom is 0.267 e. The van der Waals surface area contributed by atoms with Crippen molar-refractivity contribution in [1.82, 2.24) is 19.4 Å². The number of hydrogen-bond acceptors (Lipinski definition) is 8. The second-order valence-corrected chi connectivity index (χ2v) is 9.27. The first-order valence-electron chi connectivity index (χ1n) is 11.0. The number of aromatic nitrogens is 2. The molecule has 11 heteroatoms. The van der Waals surface area contributed by atoms with Crippen molar-refractivity contribution in [2.75, 3.05) is 52.6 Å². The summed E-state index contributed by atoms with van der Waals surface area (Å²) in [7, 11) is 0. The molecular weight excluding hydrogens is 468 g/mol. The average Bonchev–Trinajstić information content (AvgIpc) is 3.32. The number of amides is 2. The van der Waals surface area contributed by atoms with Crippen LogP contribution < -0.4 is 4.74 Å². The Balaban J connectivity index is 1.54. The Morgan fingerprint density at radius 1 is 1.21 bits per heavy atom. The lowest BCUT2D eigenvalue weighted by atomic mass is 9.96. The SMILES string of the molecule is CCc1nnsc1C(=O)N1CCO[C@@](COc2cccc(Cl)c2)(CC(=O)N2CCOCC2)C1. The number of halogens is 1. The first-order chi connectivity index (χ1) is 16.0. The molecule has 2 fully saturated rings. The molecule has 2 aliphatic heterocycles. The van der Waals surface area contributed by atoms with Gasteiger partial charge >= 0.3 is 0 Å². The largest absolute Gasteiger partial charge is 0.490 e. The van der Waals surface area contributed by atoms with E-state index in [-0.39, 0.29) is 31.4 Å². The monoisotopic (exact) mass is 494 g/mol. The summed E-state index contributed by atoms with van der Waals surface area (Å²) in [6.45, 7) is 5.11. The number of rotatable bonds is 7. The fourth-order valence-electron chi connectivity index (χ4n) is 3.98. The molecule has 4 rings (SSSR count). The first-order valence-corrected chi connectivity index (χ1v) is 12.1. The number of nitrogens with zero attached hydrogens (tertiary/aromatic N) is 4. The van der Waals surface area contributed by atoms with Gasteiger partial charge in [0, 0.05) is 24.7 Å². The quantitative estimate of drug-likeness (QED) is 0.583. The zero-order valence-electron chi connectivity index (χ0n) is 18.5. The molecule has 0 saturated carbocycles. The van der Waals surface area contributed by atoms with Crippen molar-refractivity contribution in [3.63, 3.8) is 0 Å². The smallest absolute Gasteiger partial charge is 0.267 e. The van der Waals surface area contributed by atoms with E-state index in [9.17, 15) is 9.59 Å². The highest BCUT2D eigenvalue weighted by Crippen LogP contribution is 2.28. The van der Waals surface area contributed by atoms with Gasteiger partial charge in [0.2, 0.25) is 5.91 Å². The molecule has 9 nitrogen and oxygen atoms in total. The fraction of sp³-hybridized carbons (Fsp3) is 0.545. The van der Waals surface area contributed by atoms with Gasteiger partial charge in [0.15, 0.2) is 0 Å². The highest BCUT2D eigenvalue weighted by atomic mass is 35.5. The molecule has 178 valence electrons. The van der Waals surface area contributed by atoms with Gasteiger partial charge in [-0.2, -0.15) is 0 Å². The van der Waals surface area contributed by atoms with Gasteiger partial charge in [-0.05, 0) is 36.2 Å². The van der Waals surface area contributed by atoms with Crippen molar-refractivity contribution in [1.29, 1.82) is 0 Å². The van der Waals surface area contributed by atoms with E-state index in [0.29, 0.717) is 67.2 Å². The van der Waals surface area contributed by atoms with Gasteiger partial charge < -0.3 is 24.0 Å². The summed E-state index contributed by atoms with van der Waals surface area (Å²) in [6, 6.07) is 7.06. The number of carbonyl (C=O) groups is 2. The number of hydrogen-bond donors (Lipinski definition) is 0. The Hall–Kier alpha value is -2.27. The normalized spacial score (nSPS) is 21.2. The number of benzene rings is 1. The minimum Gasteiger partial charge on any atom is -0.490 e. The van der Waals surface area contributed by atoms with Crippen LogP contribution in [0.25, 0.3) is 0 Å². The summed E-state index contributed by atoms with van der Waals surface area (Å²) < 4.78 is 21.5. The molecule has 2 saturated heterocycles. The summed E-state index contributed by atoms with van der Waals surface area (Å²) in [5, 5.41) is 4.61. The van der Waals surface area contributed by atoms with E-state index in [0.717, 1.165) is 11.5 Å². The summed E-state index contributed by atoms with van der Waals surface area (Å²) in [5.41, 5.74) is -0.308. The Morgan fingerprint density at radius 3 is 2.76 bits per heavy atom. The molecule has 1 atom stereocenters. The van der Waals surface area contributed by atoms with Crippen LogP contribution in [0.1, 0.15) is 28.7 Å². The zero-order chi connectivity index (χ0) is 23.3. The van der Waals surface area contributed by atoms with Crippen LogP contribution >= 0.6 is 23.1 Å². The maximum atomic E-state index is 13.3. The van der Waals surface area contributed by atoms with Crippen LogP contribution in [0.3, 0.4) is 0 Å². The second kappa shape index (κ2) is 10.8. The summed E-state index contributed by atoms with van der Waals surface area (Å²) >= 11 is 7.19. The van der Waals surface area contributed by atoms with Crippen LogP contribution in [0, 0.1) is 0 Å². The third-order valence-electron chi connectivity index (χ3n) is 5.76. The van der Waals surface area contributed by atoms with Crippen LogP contribution in [0.5, 0.6) is 5.75 Å². The number of carbonyl (C=O) groups excluding carboxylic acids is 2. The molecule has 33 heavy (non-hydrogen) atoms. The highest BCUT2D eigenvalue weighted by Gasteiger charge is 2.43. The lowest BCUT2D eigenvalue weighted by Crippen LogP contribution is -2.58. The van der Waals surface area contributed by atoms with Gasteiger partial charge in [-0.25, -0.2) is 0 Å². The number of aryl methyl sites for hydroxylation is 1. The Morgan fingerprint density at radius 2 is 2.00 bits per heavy atom. The molecule has 0 spiro atoms. The molecule has 0 bridgehead atoms. The molecule has 2 aromatic rings. The first kappa shape index (κ1) is 23.9. The van der Waals surface area contributed by atoms with Gasteiger partial charge in [0.05, 0.1) is 38.5 Å². The third-order valence-corrected chi connectivity index (χ3v) is 6.75. The summed E-state index contributed by atoms with van der Waals surface area (Å²) in [6.07, 6.45) is 0.722. The Labute approximate surface area is 201 Å². The van der Waals surface area contributed by atoms with Gasteiger partial charge in [-0.3, -0.25) is 9.59 Å². The van der Waals surface area contributed by atoms with E-state index in [1.807, 2.05) is 6.92 Å². The van der Waals surface area contributed by atoms with Gasteiger partial charge in [0.1, 0.15) is 22.8 Å². The van der Waals surface area contributed by atoms with E-state index in [4.69, 9.17) is 25.8 Å². The van der Waals surface area contributed by atoms with E-state index >= 15 is 0 Å². The molecular formula is C22H27ClN4O5S. The average molecular weight is 495 g/mol. The van der Waals surface area contributed by atoms with E-state index in [1.54, 1.807) is 34.1 Å². The minimum atomic E-state index is -0.990. The van der Waals surface area contributed by atoms with Gasteiger partial charge in [0.25, 0.3) is 5.91 Å². The standard InChI is InChI=1S/C22H27ClN4O5S/c1-2-18-20(33-25-24-18)21(29)27-8-11-32-22(14-27,13-19(28)26-6-9-30-10-7-26)15-31-17-5-3-4-16(23)12-17/h3-5,12H,2,6-11,13-15H2,1H3/t22-/m0/s1. The highest BCUT2D eigenvalue weighted by molar-refractivity contribution is 7.08. The molecule has 2 aliphatic rings. The molecule has 1 aromatic heterocycles. The topological polar surface area (TPSA) is 94.1 Å². The molecule has 0 unspecified atom stereocenters. The van der Waals surface area contributed by atoms with Crippen LogP contribution in [0.4, 0.5) is 0 Å². The second-order valence-electron chi connectivity index (χ2n) is 8.08. The third kappa shape index (κ3) is 5.81. The van der Waals surface area contributed by atoms with Crippen molar-refractivity contribution in [2.24, 2.45) is 0 Å². The van der Waals surface area contributed by atoms with Gasteiger partial charge in [-0.1, -0.05) is 29.1 Å². The minimum absolute atomic E-state index is 0.0454. The molecule has 0 N–H and O–H groups in total. The van der Waals surface area contributed by atoms with Crippen molar-refractivity contribution in [3.8, 4) is 5.75 Å². The lowest BCUT2D eigenvalue weighted by molar-refractivity contribution is -0.155. The number of ether oxygens (including phenoxy) is 3. The predicted octanol–water partition coefficient (Wildman–Crippen LogP) is 2.29. The van der Waals surface area contributed by atoms with Crippen molar-refractivity contribution >= 4 is 34.9 Å².